The highest BCUT2D eigenvalue weighted by Gasteiger charge is 2.36. The molecule has 3 amide bonds. The molecular weight excluding hydrogens is 538 g/mol. The van der Waals surface area contributed by atoms with E-state index in [2.05, 4.69) is 23.5 Å². The number of anilines is 1. The van der Waals surface area contributed by atoms with Gasteiger partial charge < -0.3 is 20.3 Å². The van der Waals surface area contributed by atoms with Crippen LogP contribution in [0.5, 0.6) is 0 Å². The number of hydrogen-bond donors (Lipinski definition) is 2. The van der Waals surface area contributed by atoms with Gasteiger partial charge in [-0.3, -0.25) is 9.59 Å². The minimum absolute atomic E-state index is 0.295. The number of benzene rings is 2. The lowest BCUT2D eigenvalue weighted by molar-refractivity contribution is -0.140. The highest BCUT2D eigenvalue weighted by Crippen LogP contribution is 2.31. The molecule has 0 spiro atoms. The second-order valence-corrected chi connectivity index (χ2v) is 11.6. The van der Waals surface area contributed by atoms with Gasteiger partial charge in [-0.05, 0) is 64.3 Å². The van der Waals surface area contributed by atoms with Crippen molar-refractivity contribution in [3.63, 3.8) is 0 Å². The second-order valence-electron chi connectivity index (χ2n) is 11.2. The summed E-state index contributed by atoms with van der Waals surface area (Å²) in [5.41, 5.74) is 1.53. The molecule has 0 aliphatic heterocycles. The number of terminal acetylenes is 1. The third-order valence-corrected chi connectivity index (χ3v) is 6.90. The van der Waals surface area contributed by atoms with E-state index < -0.39 is 35.6 Å². The average Bonchev–Trinajstić information content (AvgIpc) is 2.90. The molecule has 0 saturated heterocycles. The van der Waals surface area contributed by atoms with E-state index in [9.17, 15) is 14.4 Å². The van der Waals surface area contributed by atoms with Gasteiger partial charge in [0, 0.05) is 12.1 Å². The van der Waals surface area contributed by atoms with Gasteiger partial charge in [0.1, 0.15) is 17.7 Å². The van der Waals surface area contributed by atoms with Gasteiger partial charge in [0.25, 0.3) is 5.91 Å². The van der Waals surface area contributed by atoms with Crippen LogP contribution in [0.3, 0.4) is 0 Å². The first kappa shape index (κ1) is 33.7. The highest BCUT2D eigenvalue weighted by molar-refractivity contribution is 6.34. The summed E-state index contributed by atoms with van der Waals surface area (Å²) >= 11 is 6.44. The van der Waals surface area contributed by atoms with Crippen LogP contribution < -0.4 is 10.6 Å². The van der Waals surface area contributed by atoms with Crippen molar-refractivity contribution in [2.75, 3.05) is 11.9 Å². The lowest BCUT2D eigenvalue weighted by Gasteiger charge is -2.34. The molecule has 2 aromatic carbocycles. The average molecular weight is 582 g/mol. The van der Waals surface area contributed by atoms with Crippen molar-refractivity contribution >= 4 is 35.2 Å². The van der Waals surface area contributed by atoms with Gasteiger partial charge in [0.15, 0.2) is 0 Å². The molecular formula is C33H44ClN3O4. The number of carbonyl (C=O) groups excluding carboxylic acids is 3. The van der Waals surface area contributed by atoms with E-state index in [-0.39, 0.29) is 0 Å². The molecule has 2 atom stereocenters. The number of carbonyl (C=O) groups is 3. The Morgan fingerprint density at radius 3 is 2.32 bits per heavy atom. The topological polar surface area (TPSA) is 87.7 Å². The van der Waals surface area contributed by atoms with Crippen molar-refractivity contribution in [1.82, 2.24) is 10.2 Å². The van der Waals surface area contributed by atoms with E-state index in [4.69, 9.17) is 22.8 Å². The van der Waals surface area contributed by atoms with Crippen molar-refractivity contribution in [3.05, 3.63) is 64.2 Å². The Morgan fingerprint density at radius 1 is 1.02 bits per heavy atom. The summed E-state index contributed by atoms with van der Waals surface area (Å²) in [4.78, 5) is 42.1. The van der Waals surface area contributed by atoms with Crippen molar-refractivity contribution in [1.29, 1.82) is 0 Å². The van der Waals surface area contributed by atoms with Crippen molar-refractivity contribution in [3.8, 4) is 12.3 Å². The Morgan fingerprint density at radius 2 is 1.68 bits per heavy atom. The number of ether oxygens (including phenoxy) is 1. The van der Waals surface area contributed by atoms with E-state index in [1.165, 1.54) is 4.90 Å². The van der Waals surface area contributed by atoms with Crippen LogP contribution >= 0.6 is 11.6 Å². The Hall–Kier alpha value is -3.50. The van der Waals surface area contributed by atoms with Crippen molar-refractivity contribution in [2.24, 2.45) is 0 Å². The largest absolute Gasteiger partial charge is 0.444 e. The molecule has 2 unspecified atom stereocenters. The molecule has 8 heteroatoms. The van der Waals surface area contributed by atoms with Crippen LogP contribution in [0.15, 0.2) is 42.5 Å². The summed E-state index contributed by atoms with van der Waals surface area (Å²) in [5.74, 6) is 1.78. The summed E-state index contributed by atoms with van der Waals surface area (Å²) in [6.07, 6.45) is 11.1. The minimum atomic E-state index is -1.07. The first-order valence-corrected chi connectivity index (χ1v) is 14.7. The summed E-state index contributed by atoms with van der Waals surface area (Å²) in [7, 11) is 0. The molecule has 2 aromatic rings. The van der Waals surface area contributed by atoms with Crippen LogP contribution in [0, 0.1) is 19.3 Å². The van der Waals surface area contributed by atoms with Crippen LogP contribution in [-0.2, 0) is 14.3 Å². The monoisotopic (exact) mass is 581 g/mol. The quantitative estimate of drug-likeness (QED) is 0.190. The van der Waals surface area contributed by atoms with Crippen molar-refractivity contribution in [2.45, 2.75) is 97.8 Å². The van der Waals surface area contributed by atoms with Crippen LogP contribution in [0.2, 0.25) is 5.02 Å². The zero-order valence-electron chi connectivity index (χ0n) is 25.2. The molecule has 41 heavy (non-hydrogen) atoms. The molecule has 0 fully saturated rings. The molecule has 2 N–H and O–H groups in total. The number of alkyl carbamates (subject to hydrolysis) is 1. The van der Waals surface area contributed by atoms with Gasteiger partial charge in [0.2, 0.25) is 5.91 Å². The van der Waals surface area contributed by atoms with E-state index in [1.54, 1.807) is 64.1 Å². The van der Waals surface area contributed by atoms with Crippen molar-refractivity contribution < 1.29 is 19.1 Å². The third-order valence-electron chi connectivity index (χ3n) is 6.58. The standard InChI is InChI=1S/C33H44ClN3O4/c1-8-10-11-12-13-16-22-37(31(39)24(4)35-32(40)41-33(5,6)7)29(26-20-15-14-19-25(26)9-2)30(38)36-28-23(3)18-17-21-27(28)34/h2,14-15,17-21,24,29H,8,10-13,16,22H2,1,3-7H3,(H,35,40)(H,36,38). The number of aryl methyl sites for hydroxylation is 1. The lowest BCUT2D eigenvalue weighted by Crippen LogP contribution is -2.51. The fourth-order valence-corrected chi connectivity index (χ4v) is 4.79. The van der Waals surface area contributed by atoms with Crippen LogP contribution in [0.25, 0.3) is 0 Å². The molecule has 0 radical (unpaired) electrons. The fourth-order valence-electron chi connectivity index (χ4n) is 4.52. The smallest absolute Gasteiger partial charge is 0.408 e. The summed E-state index contributed by atoms with van der Waals surface area (Å²) in [6.45, 7) is 11.1. The molecule has 7 nitrogen and oxygen atoms in total. The minimum Gasteiger partial charge on any atom is -0.444 e. The van der Waals surface area contributed by atoms with Gasteiger partial charge in [0.05, 0.1) is 10.7 Å². The maximum atomic E-state index is 14.1. The van der Waals surface area contributed by atoms with E-state index >= 15 is 0 Å². The molecule has 0 aliphatic carbocycles. The Kier molecular flexibility index (Phi) is 13.2. The van der Waals surface area contributed by atoms with Gasteiger partial charge >= 0.3 is 6.09 Å². The number of hydrogen-bond acceptors (Lipinski definition) is 4. The van der Waals surface area contributed by atoms with Gasteiger partial charge in [-0.1, -0.05) is 86.9 Å². The van der Waals surface area contributed by atoms with E-state index in [0.29, 0.717) is 34.8 Å². The number of halogens is 1. The maximum Gasteiger partial charge on any atom is 0.408 e. The van der Waals surface area contributed by atoms with Crippen LogP contribution in [0.1, 0.15) is 95.9 Å². The molecule has 0 bridgehead atoms. The third kappa shape index (κ3) is 10.4. The van der Waals surface area contributed by atoms with Crippen LogP contribution in [0.4, 0.5) is 10.5 Å². The van der Waals surface area contributed by atoms with Gasteiger partial charge in [-0.2, -0.15) is 0 Å². The van der Waals surface area contributed by atoms with Crippen LogP contribution in [-0.4, -0.2) is 41.0 Å². The molecule has 0 aromatic heterocycles. The lowest BCUT2D eigenvalue weighted by atomic mass is 9.97. The number of rotatable bonds is 13. The Balaban J connectivity index is 2.50. The highest BCUT2D eigenvalue weighted by atomic mass is 35.5. The summed E-state index contributed by atoms with van der Waals surface area (Å²) in [5, 5.41) is 5.96. The number of para-hydroxylation sites is 1. The predicted molar refractivity (Wildman–Crippen MR) is 166 cm³/mol. The SMILES string of the molecule is C#Cc1ccccc1C(C(=O)Nc1c(C)cccc1Cl)N(CCCCCCCC)C(=O)C(C)NC(=O)OC(C)(C)C. The molecule has 0 aliphatic rings. The van der Waals surface area contributed by atoms with Gasteiger partial charge in [-0.25, -0.2) is 4.79 Å². The molecule has 0 saturated carbocycles. The van der Waals surface area contributed by atoms with E-state index in [1.807, 2.05) is 13.0 Å². The summed E-state index contributed by atoms with van der Waals surface area (Å²) in [6, 6.07) is 10.4. The summed E-state index contributed by atoms with van der Waals surface area (Å²) < 4.78 is 5.37. The molecule has 0 heterocycles. The number of amides is 3. The number of unbranched alkanes of at least 4 members (excludes halogenated alkanes) is 5. The van der Waals surface area contributed by atoms with E-state index in [0.717, 1.165) is 37.7 Å². The number of nitrogens with zero attached hydrogens (tertiary/aromatic N) is 1. The second kappa shape index (κ2) is 16.1. The first-order valence-electron chi connectivity index (χ1n) is 14.3. The normalized spacial score (nSPS) is 12.5. The zero-order valence-corrected chi connectivity index (χ0v) is 25.9. The maximum absolute atomic E-state index is 14.1. The van der Waals surface area contributed by atoms with Gasteiger partial charge in [-0.15, -0.1) is 6.42 Å². The first-order chi connectivity index (χ1) is 19.4. The Bertz CT molecular complexity index is 1210. The fraction of sp³-hybridized carbons (Fsp3) is 0.485. The number of nitrogens with one attached hydrogen (secondary N) is 2. The zero-order chi connectivity index (χ0) is 30.6. The Labute approximate surface area is 250 Å². The molecule has 2 rings (SSSR count). The molecule has 222 valence electrons. The predicted octanol–water partition coefficient (Wildman–Crippen LogP) is 7.41.